The van der Waals surface area contributed by atoms with Crippen LogP contribution in [0.15, 0.2) is 10.3 Å². The lowest BCUT2D eigenvalue weighted by molar-refractivity contribution is 0.0604. The minimum Gasteiger partial charge on any atom is -0.381 e. The zero-order valence-electron chi connectivity index (χ0n) is 12.9. The summed E-state index contributed by atoms with van der Waals surface area (Å²) in [6, 6.07) is 0. The summed E-state index contributed by atoms with van der Waals surface area (Å²) in [7, 11) is -1.71. The Morgan fingerprint density at radius 1 is 1.43 bits per heavy atom. The van der Waals surface area contributed by atoms with E-state index in [1.807, 2.05) is 19.2 Å². The molecule has 0 aromatic carbocycles. The summed E-state index contributed by atoms with van der Waals surface area (Å²) < 4.78 is 32.7. The first kappa shape index (κ1) is 16.9. The molecule has 1 aromatic heterocycles. The van der Waals surface area contributed by atoms with Crippen molar-refractivity contribution in [1.82, 2.24) is 9.62 Å². The highest BCUT2D eigenvalue weighted by molar-refractivity contribution is 7.89. The van der Waals surface area contributed by atoms with Crippen molar-refractivity contribution in [1.29, 1.82) is 0 Å². The summed E-state index contributed by atoms with van der Waals surface area (Å²) in [5.74, 6) is 0. The molecule has 1 saturated heterocycles. The molecule has 21 heavy (non-hydrogen) atoms. The minimum absolute atomic E-state index is 0.182. The van der Waals surface area contributed by atoms with Gasteiger partial charge < -0.3 is 10.1 Å². The molecule has 120 valence electrons. The van der Waals surface area contributed by atoms with E-state index in [9.17, 15) is 8.42 Å². The topological polar surface area (TPSA) is 58.6 Å². The maximum absolute atomic E-state index is 12.9. The molecule has 0 unspecified atom stereocenters. The molecule has 1 aliphatic rings. The van der Waals surface area contributed by atoms with Crippen LogP contribution in [0.25, 0.3) is 0 Å². The normalized spacial score (nSPS) is 18.2. The van der Waals surface area contributed by atoms with Gasteiger partial charge in [0.15, 0.2) is 0 Å². The molecular weight excluding hydrogens is 308 g/mol. The van der Waals surface area contributed by atoms with E-state index in [0.29, 0.717) is 24.5 Å². The fourth-order valence-electron chi connectivity index (χ4n) is 2.63. The van der Waals surface area contributed by atoms with Crippen molar-refractivity contribution in [2.24, 2.45) is 0 Å². The highest BCUT2D eigenvalue weighted by Gasteiger charge is 2.32. The number of thiophene rings is 1. The summed E-state index contributed by atoms with van der Waals surface area (Å²) in [6.45, 7) is 6.41. The number of aryl methyl sites for hydroxylation is 1. The number of sulfonamides is 1. The van der Waals surface area contributed by atoms with Crippen molar-refractivity contribution in [2.45, 2.75) is 44.2 Å². The summed E-state index contributed by atoms with van der Waals surface area (Å²) in [6.07, 6.45) is 1.71. The molecule has 0 aliphatic carbocycles. The Balaban J connectivity index is 2.22. The third kappa shape index (κ3) is 3.65. The number of hydrogen-bond acceptors (Lipinski definition) is 5. The van der Waals surface area contributed by atoms with E-state index in [2.05, 4.69) is 5.32 Å². The van der Waals surface area contributed by atoms with Gasteiger partial charge in [0, 0.05) is 31.6 Å². The molecule has 2 heterocycles. The fourth-order valence-corrected chi connectivity index (χ4v) is 5.83. The average Bonchev–Trinajstić information content (AvgIpc) is 2.86. The lowest BCUT2D eigenvalue weighted by Gasteiger charge is -2.30. The lowest BCUT2D eigenvalue weighted by atomic mass is 10.1. The van der Waals surface area contributed by atoms with Crippen molar-refractivity contribution in [3.63, 3.8) is 0 Å². The Labute approximate surface area is 131 Å². The Morgan fingerprint density at radius 3 is 2.67 bits per heavy atom. The molecule has 5 nitrogen and oxygen atoms in total. The first-order valence-electron chi connectivity index (χ1n) is 7.31. The van der Waals surface area contributed by atoms with Crippen molar-refractivity contribution < 1.29 is 13.2 Å². The van der Waals surface area contributed by atoms with Crippen molar-refractivity contribution in [3.05, 3.63) is 15.8 Å². The third-order valence-corrected chi connectivity index (χ3v) is 7.22. The molecular formula is C14H24N2O3S2. The highest BCUT2D eigenvalue weighted by Crippen LogP contribution is 2.31. The van der Waals surface area contributed by atoms with Gasteiger partial charge in [-0.05, 0) is 37.3 Å². The molecule has 1 fully saturated rings. The Bertz CT molecular complexity index is 561. The van der Waals surface area contributed by atoms with Crippen LogP contribution in [0.4, 0.5) is 0 Å². The summed E-state index contributed by atoms with van der Waals surface area (Å²) in [4.78, 5) is 1.41. The third-order valence-electron chi connectivity index (χ3n) is 3.86. The fraction of sp³-hybridized carbons (Fsp3) is 0.714. The van der Waals surface area contributed by atoms with Crippen LogP contribution in [0.5, 0.6) is 0 Å². The van der Waals surface area contributed by atoms with Crippen molar-refractivity contribution in [3.8, 4) is 0 Å². The highest BCUT2D eigenvalue weighted by atomic mass is 32.2. The second kappa shape index (κ2) is 7.19. The lowest BCUT2D eigenvalue weighted by Crippen LogP contribution is -2.41. The smallest absolute Gasteiger partial charge is 0.244 e. The Kier molecular flexibility index (Phi) is 5.79. The molecule has 0 radical (unpaired) electrons. The van der Waals surface area contributed by atoms with Gasteiger partial charge in [0.05, 0.1) is 6.10 Å². The zero-order valence-corrected chi connectivity index (χ0v) is 14.5. The van der Waals surface area contributed by atoms with Crippen LogP contribution < -0.4 is 5.32 Å². The first-order chi connectivity index (χ1) is 10.0. The number of methoxy groups -OCH3 is 1. The van der Waals surface area contributed by atoms with Gasteiger partial charge in [0.25, 0.3) is 0 Å². The van der Waals surface area contributed by atoms with Crippen LogP contribution in [-0.2, 0) is 21.3 Å². The molecule has 0 bridgehead atoms. The zero-order chi connectivity index (χ0) is 15.5. The largest absolute Gasteiger partial charge is 0.381 e. The SMILES string of the molecule is CCNCc1scc(C)c1S(=O)(=O)N1CCC(OC)CC1. The van der Waals surface area contributed by atoms with Gasteiger partial charge in [-0.1, -0.05) is 6.92 Å². The molecule has 0 atom stereocenters. The molecule has 2 rings (SSSR count). The molecule has 0 spiro atoms. The van der Waals surface area contributed by atoms with Crippen LogP contribution >= 0.6 is 11.3 Å². The van der Waals surface area contributed by atoms with Gasteiger partial charge in [-0.3, -0.25) is 0 Å². The summed E-state index contributed by atoms with van der Waals surface area (Å²) in [5.41, 5.74) is 0.849. The van der Waals surface area contributed by atoms with Crippen LogP contribution in [0, 0.1) is 6.92 Å². The van der Waals surface area contributed by atoms with E-state index in [4.69, 9.17) is 4.74 Å². The maximum Gasteiger partial charge on any atom is 0.244 e. The summed E-state index contributed by atoms with van der Waals surface area (Å²) >= 11 is 1.52. The minimum atomic E-state index is -3.39. The van der Waals surface area contributed by atoms with Crippen molar-refractivity contribution >= 4 is 21.4 Å². The summed E-state index contributed by atoms with van der Waals surface area (Å²) in [5, 5.41) is 5.15. The van der Waals surface area contributed by atoms with E-state index >= 15 is 0 Å². The number of piperidine rings is 1. The van der Waals surface area contributed by atoms with Crippen LogP contribution in [-0.4, -0.2) is 45.6 Å². The molecule has 0 amide bonds. The molecule has 7 heteroatoms. The molecule has 1 N–H and O–H groups in total. The number of hydrogen-bond donors (Lipinski definition) is 1. The number of nitrogens with one attached hydrogen (secondary N) is 1. The number of nitrogens with zero attached hydrogens (tertiary/aromatic N) is 1. The second-order valence-electron chi connectivity index (χ2n) is 5.29. The maximum atomic E-state index is 12.9. The standard InChI is InChI=1S/C14H24N2O3S2/c1-4-15-9-13-14(11(2)10-20-13)21(17,18)16-7-5-12(19-3)6-8-16/h10,12,15H,4-9H2,1-3H3. The van der Waals surface area contributed by atoms with E-state index < -0.39 is 10.0 Å². The van der Waals surface area contributed by atoms with Gasteiger partial charge >= 0.3 is 0 Å². The van der Waals surface area contributed by atoms with Gasteiger partial charge in [-0.2, -0.15) is 4.31 Å². The van der Waals surface area contributed by atoms with Gasteiger partial charge in [-0.25, -0.2) is 8.42 Å². The van der Waals surface area contributed by atoms with Gasteiger partial charge in [0.2, 0.25) is 10.0 Å². The number of rotatable bonds is 6. The van der Waals surface area contributed by atoms with Crippen molar-refractivity contribution in [2.75, 3.05) is 26.7 Å². The van der Waals surface area contributed by atoms with Gasteiger partial charge in [-0.15, -0.1) is 11.3 Å². The molecule has 0 saturated carbocycles. The van der Waals surface area contributed by atoms with E-state index in [1.165, 1.54) is 11.3 Å². The Hall–Kier alpha value is -0.470. The predicted molar refractivity (Wildman–Crippen MR) is 85.2 cm³/mol. The number of ether oxygens (including phenoxy) is 1. The quantitative estimate of drug-likeness (QED) is 0.865. The second-order valence-corrected chi connectivity index (χ2v) is 8.13. The molecule has 1 aliphatic heterocycles. The van der Waals surface area contributed by atoms with Crippen LogP contribution in [0.2, 0.25) is 0 Å². The van der Waals surface area contributed by atoms with E-state index in [-0.39, 0.29) is 6.10 Å². The van der Waals surface area contributed by atoms with E-state index in [0.717, 1.165) is 29.8 Å². The Morgan fingerprint density at radius 2 is 2.10 bits per heavy atom. The van der Waals surface area contributed by atoms with Crippen LogP contribution in [0.3, 0.4) is 0 Å². The van der Waals surface area contributed by atoms with Gasteiger partial charge in [0.1, 0.15) is 4.90 Å². The first-order valence-corrected chi connectivity index (χ1v) is 9.63. The molecule has 1 aromatic rings. The van der Waals surface area contributed by atoms with Crippen LogP contribution in [0.1, 0.15) is 30.2 Å². The van der Waals surface area contributed by atoms with E-state index in [1.54, 1.807) is 11.4 Å². The average molecular weight is 332 g/mol. The predicted octanol–water partition coefficient (Wildman–Crippen LogP) is 1.97. The monoisotopic (exact) mass is 332 g/mol.